The molecule has 8 nitrogen and oxygen atoms in total. The van der Waals surface area contributed by atoms with Gasteiger partial charge in [-0.05, 0) is 23.8 Å². The van der Waals surface area contributed by atoms with Gasteiger partial charge >= 0.3 is 5.97 Å². The molecule has 124 valence electrons. The van der Waals surface area contributed by atoms with Crippen molar-refractivity contribution >= 4 is 23.9 Å². The van der Waals surface area contributed by atoms with Crippen LogP contribution < -0.4 is 15.4 Å². The molecule has 3 N–H and O–H groups in total. The zero-order valence-corrected chi connectivity index (χ0v) is 12.8. The summed E-state index contributed by atoms with van der Waals surface area (Å²) in [5.74, 6) is -1.39. The molecule has 0 saturated carbocycles. The van der Waals surface area contributed by atoms with Crippen LogP contribution in [0.25, 0.3) is 6.08 Å². The summed E-state index contributed by atoms with van der Waals surface area (Å²) in [5.41, 5.74) is 0.612. The summed E-state index contributed by atoms with van der Waals surface area (Å²) in [6.45, 7) is -0.672. The van der Waals surface area contributed by atoms with E-state index in [4.69, 9.17) is 9.47 Å². The molecule has 0 unspecified atom stereocenters. The Bertz CT molecular complexity index is 612. The standard InChI is InChI=1S/C15H18N2O6/c1-16-13(19)8-17-14(20)9-23-15(21)6-4-10-3-5-11(18)12(7-10)22-2/h3-7,18H,8-9H2,1-2H3,(H,16,19)(H,17,20)/b6-4+. The van der Waals surface area contributed by atoms with E-state index >= 15 is 0 Å². The number of phenols is 1. The highest BCUT2D eigenvalue weighted by atomic mass is 16.5. The predicted octanol–water partition coefficient (Wildman–Crippen LogP) is -0.181. The fraction of sp³-hybridized carbons (Fsp3) is 0.267. The molecule has 2 amide bonds. The molecule has 0 saturated heterocycles. The van der Waals surface area contributed by atoms with Crippen LogP contribution in [0.4, 0.5) is 0 Å². The van der Waals surface area contributed by atoms with Crippen molar-refractivity contribution in [3.8, 4) is 11.5 Å². The number of amides is 2. The highest BCUT2D eigenvalue weighted by Gasteiger charge is 2.07. The van der Waals surface area contributed by atoms with Crippen LogP contribution in [0.1, 0.15) is 5.56 Å². The number of rotatable bonds is 7. The van der Waals surface area contributed by atoms with Crippen molar-refractivity contribution < 1.29 is 29.0 Å². The maximum atomic E-state index is 11.5. The summed E-state index contributed by atoms with van der Waals surface area (Å²) in [6, 6.07) is 4.54. The van der Waals surface area contributed by atoms with Crippen LogP contribution >= 0.6 is 0 Å². The van der Waals surface area contributed by atoms with E-state index in [1.165, 1.54) is 32.4 Å². The van der Waals surface area contributed by atoms with Gasteiger partial charge in [0.15, 0.2) is 18.1 Å². The van der Waals surface area contributed by atoms with E-state index in [0.717, 1.165) is 6.08 Å². The molecule has 0 aliphatic heterocycles. The summed E-state index contributed by atoms with van der Waals surface area (Å²) >= 11 is 0. The number of benzene rings is 1. The first-order valence-electron chi connectivity index (χ1n) is 6.65. The third kappa shape index (κ3) is 6.51. The maximum absolute atomic E-state index is 11.5. The van der Waals surface area contributed by atoms with Crippen molar-refractivity contribution in [3.05, 3.63) is 29.8 Å². The van der Waals surface area contributed by atoms with E-state index in [9.17, 15) is 19.5 Å². The summed E-state index contributed by atoms with van der Waals surface area (Å²) < 4.78 is 9.66. The summed E-state index contributed by atoms with van der Waals surface area (Å²) in [4.78, 5) is 33.7. The molecule has 0 radical (unpaired) electrons. The molecule has 8 heteroatoms. The van der Waals surface area contributed by atoms with E-state index < -0.39 is 18.5 Å². The molecule has 0 fully saturated rings. The highest BCUT2D eigenvalue weighted by Crippen LogP contribution is 2.26. The molecule has 23 heavy (non-hydrogen) atoms. The van der Waals surface area contributed by atoms with Gasteiger partial charge in [-0.15, -0.1) is 0 Å². The number of carbonyl (C=O) groups is 3. The third-order valence-electron chi connectivity index (χ3n) is 2.69. The molecule has 0 atom stereocenters. The lowest BCUT2D eigenvalue weighted by molar-refractivity contribution is -0.143. The first-order valence-corrected chi connectivity index (χ1v) is 6.65. The SMILES string of the molecule is CNC(=O)CNC(=O)COC(=O)/C=C/c1ccc(O)c(OC)c1. The number of aromatic hydroxyl groups is 1. The maximum Gasteiger partial charge on any atom is 0.331 e. The van der Waals surface area contributed by atoms with Crippen LogP contribution in [0.5, 0.6) is 11.5 Å². The minimum absolute atomic E-state index is 0.0139. The number of ether oxygens (including phenoxy) is 2. The fourth-order valence-corrected chi connectivity index (χ4v) is 1.47. The molecule has 0 aliphatic rings. The van der Waals surface area contributed by atoms with E-state index in [-0.39, 0.29) is 24.0 Å². The van der Waals surface area contributed by atoms with E-state index in [2.05, 4.69) is 10.6 Å². The molecular weight excluding hydrogens is 304 g/mol. The molecule has 1 aromatic rings. The van der Waals surface area contributed by atoms with Gasteiger partial charge in [0.2, 0.25) is 5.91 Å². The quantitative estimate of drug-likeness (QED) is 0.474. The Morgan fingerprint density at radius 1 is 1.26 bits per heavy atom. The van der Waals surface area contributed by atoms with Crippen LogP contribution in [0.3, 0.4) is 0 Å². The zero-order chi connectivity index (χ0) is 17.2. The number of hydrogen-bond donors (Lipinski definition) is 3. The Labute approximate surface area is 133 Å². The second kappa shape index (κ2) is 9.08. The summed E-state index contributed by atoms with van der Waals surface area (Å²) in [6.07, 6.45) is 2.59. The first kappa shape index (κ1) is 18.0. The Hall–Kier alpha value is -3.03. The van der Waals surface area contributed by atoms with Crippen molar-refractivity contribution in [3.63, 3.8) is 0 Å². The Morgan fingerprint density at radius 2 is 2.00 bits per heavy atom. The van der Waals surface area contributed by atoms with Gasteiger partial charge in [-0.1, -0.05) is 6.07 Å². The number of phenolic OH excluding ortho intramolecular Hbond substituents is 1. The van der Waals surface area contributed by atoms with Crippen LogP contribution in [-0.4, -0.2) is 50.2 Å². The van der Waals surface area contributed by atoms with Gasteiger partial charge < -0.3 is 25.2 Å². The van der Waals surface area contributed by atoms with E-state index in [0.29, 0.717) is 5.56 Å². The van der Waals surface area contributed by atoms with E-state index in [1.54, 1.807) is 6.07 Å². The Kier molecular flexibility index (Phi) is 7.12. The van der Waals surface area contributed by atoms with Crippen molar-refractivity contribution in [1.82, 2.24) is 10.6 Å². The zero-order valence-electron chi connectivity index (χ0n) is 12.8. The fourth-order valence-electron chi connectivity index (χ4n) is 1.47. The van der Waals surface area contributed by atoms with Gasteiger partial charge in [0.25, 0.3) is 5.91 Å². The third-order valence-corrected chi connectivity index (χ3v) is 2.69. The molecule has 1 rings (SSSR count). The number of carbonyl (C=O) groups excluding carboxylic acids is 3. The molecule has 0 aromatic heterocycles. The van der Waals surface area contributed by atoms with Crippen LogP contribution in [0, 0.1) is 0 Å². The van der Waals surface area contributed by atoms with Crippen molar-refractivity contribution in [2.24, 2.45) is 0 Å². The average molecular weight is 322 g/mol. The van der Waals surface area contributed by atoms with Gasteiger partial charge in [-0.25, -0.2) is 4.79 Å². The number of likely N-dealkylation sites (N-methyl/N-ethyl adjacent to an activating group) is 1. The highest BCUT2D eigenvalue weighted by molar-refractivity contribution is 5.90. The topological polar surface area (TPSA) is 114 Å². The molecule has 0 bridgehead atoms. The van der Waals surface area contributed by atoms with Gasteiger partial charge in [0.05, 0.1) is 13.7 Å². The number of esters is 1. The monoisotopic (exact) mass is 322 g/mol. The summed E-state index contributed by atoms with van der Waals surface area (Å²) in [7, 11) is 2.85. The number of methoxy groups -OCH3 is 1. The smallest absolute Gasteiger partial charge is 0.331 e. The Balaban J connectivity index is 2.44. The second-order valence-corrected chi connectivity index (χ2v) is 4.32. The molecule has 0 spiro atoms. The van der Waals surface area contributed by atoms with Crippen LogP contribution in [0.2, 0.25) is 0 Å². The van der Waals surface area contributed by atoms with Crippen molar-refractivity contribution in [2.75, 3.05) is 27.3 Å². The Morgan fingerprint density at radius 3 is 2.65 bits per heavy atom. The van der Waals surface area contributed by atoms with Gasteiger partial charge in [0, 0.05) is 13.1 Å². The lowest BCUT2D eigenvalue weighted by Crippen LogP contribution is -2.37. The van der Waals surface area contributed by atoms with Crippen molar-refractivity contribution in [1.29, 1.82) is 0 Å². The minimum atomic E-state index is -0.716. The molecule has 1 aromatic carbocycles. The largest absolute Gasteiger partial charge is 0.504 e. The lowest BCUT2D eigenvalue weighted by Gasteiger charge is -2.05. The normalized spacial score (nSPS) is 10.2. The summed E-state index contributed by atoms with van der Waals surface area (Å²) in [5, 5.41) is 14.1. The predicted molar refractivity (Wildman–Crippen MR) is 81.7 cm³/mol. The van der Waals surface area contributed by atoms with Crippen LogP contribution in [0.15, 0.2) is 24.3 Å². The van der Waals surface area contributed by atoms with Gasteiger partial charge in [-0.3, -0.25) is 9.59 Å². The molecule has 0 aliphatic carbocycles. The molecular formula is C15H18N2O6. The van der Waals surface area contributed by atoms with Gasteiger partial charge in [-0.2, -0.15) is 0 Å². The minimum Gasteiger partial charge on any atom is -0.504 e. The number of hydrogen-bond acceptors (Lipinski definition) is 6. The van der Waals surface area contributed by atoms with Crippen LogP contribution in [-0.2, 0) is 19.1 Å². The first-order chi connectivity index (χ1) is 11.0. The lowest BCUT2D eigenvalue weighted by atomic mass is 10.2. The average Bonchev–Trinajstić information content (AvgIpc) is 2.56. The molecule has 0 heterocycles. The van der Waals surface area contributed by atoms with Gasteiger partial charge in [0.1, 0.15) is 0 Å². The van der Waals surface area contributed by atoms with Crippen molar-refractivity contribution in [2.45, 2.75) is 0 Å². The van der Waals surface area contributed by atoms with E-state index in [1.807, 2.05) is 0 Å². The number of nitrogens with one attached hydrogen (secondary N) is 2. The second-order valence-electron chi connectivity index (χ2n) is 4.32.